The Kier molecular flexibility index (Phi) is 9.34. The molecular weight excluding hydrogens is 654 g/mol. The summed E-state index contributed by atoms with van der Waals surface area (Å²) in [6, 6.07) is 6.28. The van der Waals surface area contributed by atoms with Crippen molar-refractivity contribution in [2.75, 3.05) is 13.2 Å². The molecule has 2 amide bonds. The van der Waals surface area contributed by atoms with E-state index in [2.05, 4.69) is 20.8 Å². The number of amides is 2. The smallest absolute Gasteiger partial charge is 0.408 e. The number of ether oxygens (including phenoxy) is 2. The van der Waals surface area contributed by atoms with Crippen molar-refractivity contribution >= 4 is 27.2 Å². The molecule has 0 saturated heterocycles. The Morgan fingerprint density at radius 1 is 0.646 bits per heavy atom. The number of carbonyl (C=O) groups is 2. The zero-order valence-corrected chi connectivity index (χ0v) is 29.9. The number of hydrogen-bond donors (Lipinski definition) is 6. The first-order chi connectivity index (χ1) is 22.8. The highest BCUT2D eigenvalue weighted by Gasteiger charge is 2.55. The van der Waals surface area contributed by atoms with Crippen molar-refractivity contribution < 1.29 is 38.0 Å². The molecule has 9 rings (SSSR count). The van der Waals surface area contributed by atoms with Crippen molar-refractivity contribution in [1.29, 1.82) is 0 Å². The fourth-order valence-corrected chi connectivity index (χ4v) is 15.4. The Morgan fingerprint density at radius 3 is 1.17 bits per heavy atom. The summed E-state index contributed by atoms with van der Waals surface area (Å²) in [5.41, 5.74) is -0.221. The van der Waals surface area contributed by atoms with Crippen LogP contribution in [0, 0.1) is 35.5 Å². The van der Waals surface area contributed by atoms with E-state index in [1.165, 1.54) is 38.5 Å². The van der Waals surface area contributed by atoms with Crippen molar-refractivity contribution in [1.82, 2.24) is 20.8 Å². The van der Waals surface area contributed by atoms with E-state index < -0.39 is 49.9 Å². The van der Waals surface area contributed by atoms with E-state index in [1.54, 1.807) is 38.1 Å². The first kappa shape index (κ1) is 34.5. The molecular formula is C34H52N4O8P2. The van der Waals surface area contributed by atoms with Crippen molar-refractivity contribution in [3.63, 3.8) is 0 Å². The van der Waals surface area contributed by atoms with Crippen molar-refractivity contribution in [3.8, 4) is 0 Å². The van der Waals surface area contributed by atoms with Gasteiger partial charge in [-0.25, -0.2) is 19.8 Å². The van der Waals surface area contributed by atoms with Gasteiger partial charge in [-0.2, -0.15) is 0 Å². The lowest BCUT2D eigenvalue weighted by atomic mass is 9.53. The molecule has 0 radical (unpaired) electrons. The standard InChI is InChI=1S/C34H52N4O8P2/c1-3-45-31(39)35-29(47(41,42)37-33-15-21-9-22(16-33)11-23(10-21)17-33)27-5-7-28(8-6-27)30(36-32(40)46-4-2)48(43,44)38-34-18-24-12-25(19-34)14-26(13-24)20-34/h5-8,21-26,29-30H,3-4,9-20H2,1-2H3,(H,35,39)(H,36,40)(H2,37,41,42)(H2,38,43,44)/t21?,22?,23?,24?,25?,26?,29-,30+,33?,34?. The van der Waals surface area contributed by atoms with Crippen molar-refractivity contribution in [2.24, 2.45) is 35.5 Å². The molecule has 1 aromatic carbocycles. The minimum Gasteiger partial charge on any atom is -0.450 e. The molecule has 8 fully saturated rings. The monoisotopic (exact) mass is 706 g/mol. The van der Waals surface area contributed by atoms with Gasteiger partial charge in [-0.1, -0.05) is 24.3 Å². The maximum atomic E-state index is 14.3. The van der Waals surface area contributed by atoms with Gasteiger partial charge in [0.25, 0.3) is 15.0 Å². The van der Waals surface area contributed by atoms with Crippen LogP contribution in [-0.2, 0) is 18.6 Å². The lowest BCUT2D eigenvalue weighted by molar-refractivity contribution is -0.0102. The van der Waals surface area contributed by atoms with Gasteiger partial charge in [0.15, 0.2) is 0 Å². The van der Waals surface area contributed by atoms with Crippen LogP contribution in [0.1, 0.15) is 114 Å². The van der Waals surface area contributed by atoms with E-state index in [0.29, 0.717) is 46.6 Å². The zero-order chi connectivity index (χ0) is 33.9. The summed E-state index contributed by atoms with van der Waals surface area (Å²) in [5, 5.41) is 11.6. The summed E-state index contributed by atoms with van der Waals surface area (Å²) in [6.07, 6.45) is 10.5. The molecule has 266 valence electrons. The number of rotatable bonds is 12. The molecule has 1 aromatic rings. The van der Waals surface area contributed by atoms with Crippen LogP contribution in [0.25, 0.3) is 0 Å². The predicted octanol–water partition coefficient (Wildman–Crippen LogP) is 6.66. The lowest BCUT2D eigenvalue weighted by Gasteiger charge is -2.57. The minimum atomic E-state index is -4.26. The molecule has 4 atom stereocenters. The molecule has 0 aromatic heterocycles. The van der Waals surface area contributed by atoms with Gasteiger partial charge >= 0.3 is 12.2 Å². The van der Waals surface area contributed by atoms with Crippen molar-refractivity contribution in [2.45, 2.75) is 114 Å². The summed E-state index contributed by atoms with van der Waals surface area (Å²) in [6.45, 7) is 3.52. The average Bonchev–Trinajstić information content (AvgIpc) is 2.96. The number of carbonyl (C=O) groups excluding carboxylic acids is 2. The van der Waals surface area contributed by atoms with E-state index in [4.69, 9.17) is 9.47 Å². The third-order valence-corrected chi connectivity index (χ3v) is 16.0. The van der Waals surface area contributed by atoms with Crippen LogP contribution < -0.4 is 20.8 Å². The summed E-state index contributed by atoms with van der Waals surface area (Å²) < 4.78 is 38.8. The summed E-state index contributed by atoms with van der Waals surface area (Å²) in [5.74, 6) is 0.638. The normalized spacial score (nSPS) is 38.0. The van der Waals surface area contributed by atoms with Gasteiger partial charge in [0.05, 0.1) is 13.2 Å². The van der Waals surface area contributed by atoms with E-state index in [-0.39, 0.29) is 13.2 Å². The van der Waals surface area contributed by atoms with Gasteiger partial charge in [0, 0.05) is 11.1 Å². The first-order valence-electron chi connectivity index (χ1n) is 18.0. The van der Waals surface area contributed by atoms with E-state index in [0.717, 1.165) is 38.5 Å². The van der Waals surface area contributed by atoms with Gasteiger partial charge in [0.2, 0.25) is 0 Å². The highest BCUT2D eigenvalue weighted by Crippen LogP contribution is 2.63. The SMILES string of the molecule is CCOC(=O)N[C@H](c1ccc([C@H](NC(=O)OCC)P(=O)(O)NC23CC4CC(CC(C4)C2)C3)cc1)P(=O)(O)NC12CC3CC(CC(C3)C1)C2. The van der Waals surface area contributed by atoms with Crippen LogP contribution in [0.2, 0.25) is 0 Å². The third kappa shape index (κ3) is 7.00. The Hall–Kier alpha value is -1.94. The lowest BCUT2D eigenvalue weighted by Crippen LogP contribution is -2.58. The Labute approximate surface area is 283 Å². The van der Waals surface area contributed by atoms with Gasteiger partial charge in [0.1, 0.15) is 11.6 Å². The maximum absolute atomic E-state index is 14.3. The molecule has 6 N–H and O–H groups in total. The largest absolute Gasteiger partial charge is 0.450 e. The van der Waals surface area contributed by atoms with Gasteiger partial charge < -0.3 is 29.9 Å². The fraction of sp³-hybridized carbons (Fsp3) is 0.765. The molecule has 8 saturated carbocycles. The predicted molar refractivity (Wildman–Crippen MR) is 180 cm³/mol. The molecule has 48 heavy (non-hydrogen) atoms. The Balaban J connectivity index is 1.15. The molecule has 8 aliphatic rings. The van der Waals surface area contributed by atoms with Crippen LogP contribution >= 0.6 is 15.0 Å². The van der Waals surface area contributed by atoms with Crippen LogP contribution in [0.5, 0.6) is 0 Å². The summed E-state index contributed by atoms with van der Waals surface area (Å²) in [4.78, 5) is 48.8. The summed E-state index contributed by atoms with van der Waals surface area (Å²) >= 11 is 0. The van der Waals surface area contributed by atoms with Crippen molar-refractivity contribution in [3.05, 3.63) is 35.4 Å². The quantitative estimate of drug-likeness (QED) is 0.129. The molecule has 2 unspecified atom stereocenters. The zero-order valence-electron chi connectivity index (χ0n) is 28.1. The molecule has 8 aliphatic carbocycles. The van der Waals surface area contributed by atoms with Crippen LogP contribution in [0.15, 0.2) is 24.3 Å². The van der Waals surface area contributed by atoms with E-state index in [9.17, 15) is 28.5 Å². The maximum Gasteiger partial charge on any atom is 0.408 e. The Bertz CT molecular complexity index is 1310. The average molecular weight is 707 g/mol. The second kappa shape index (κ2) is 13.0. The van der Waals surface area contributed by atoms with Gasteiger partial charge in [-0.05, 0) is 138 Å². The minimum absolute atomic E-state index is 0.0966. The van der Waals surface area contributed by atoms with Gasteiger partial charge in [-0.3, -0.25) is 9.13 Å². The highest BCUT2D eigenvalue weighted by molar-refractivity contribution is 7.56. The van der Waals surface area contributed by atoms with E-state index in [1.807, 2.05) is 0 Å². The molecule has 0 aliphatic heterocycles. The topological polar surface area (TPSA) is 175 Å². The molecule has 12 nitrogen and oxygen atoms in total. The van der Waals surface area contributed by atoms with E-state index >= 15 is 0 Å². The second-order valence-electron chi connectivity index (χ2n) is 16.1. The first-order valence-corrected chi connectivity index (χ1v) is 21.4. The number of benzene rings is 1. The second-order valence-corrected chi connectivity index (χ2v) is 20.0. The number of nitrogens with one attached hydrogen (secondary N) is 4. The number of alkyl carbamates (subject to hydrolysis) is 2. The molecule has 0 heterocycles. The van der Waals surface area contributed by atoms with Crippen LogP contribution in [-0.4, -0.2) is 46.3 Å². The fourth-order valence-electron chi connectivity index (χ4n) is 11.5. The van der Waals surface area contributed by atoms with Crippen LogP contribution in [0.3, 0.4) is 0 Å². The molecule has 0 spiro atoms. The molecule has 8 bridgehead atoms. The summed E-state index contributed by atoms with van der Waals surface area (Å²) in [7, 11) is -8.52. The Morgan fingerprint density at radius 2 is 0.917 bits per heavy atom. The van der Waals surface area contributed by atoms with Gasteiger partial charge in [-0.15, -0.1) is 0 Å². The molecule has 14 heteroatoms. The third-order valence-electron chi connectivity index (χ3n) is 12.2. The van der Waals surface area contributed by atoms with Crippen LogP contribution in [0.4, 0.5) is 9.59 Å². The number of hydrogen-bond acceptors (Lipinski definition) is 6. The highest BCUT2D eigenvalue weighted by atomic mass is 31.2.